The Morgan fingerprint density at radius 3 is 2.05 bits per heavy atom. The van der Waals surface area contributed by atoms with Crippen molar-refractivity contribution in [1.29, 1.82) is 0 Å². The van der Waals surface area contributed by atoms with Crippen LogP contribution in [0.2, 0.25) is 0 Å². The summed E-state index contributed by atoms with van der Waals surface area (Å²) in [5.41, 5.74) is 0.0436. The fourth-order valence-electron chi connectivity index (χ4n) is 5.98. The van der Waals surface area contributed by atoms with Gasteiger partial charge in [0.1, 0.15) is 12.2 Å². The smallest absolute Gasteiger partial charge is 0.338 e. The summed E-state index contributed by atoms with van der Waals surface area (Å²) in [6.45, 7) is -0.190. The quantitative estimate of drug-likeness (QED) is 0.297. The number of halogens is 1. The Morgan fingerprint density at radius 1 is 0.846 bits per heavy atom. The van der Waals surface area contributed by atoms with Crippen molar-refractivity contribution in [2.45, 2.75) is 18.1 Å². The minimum absolute atomic E-state index is 0.00967. The van der Waals surface area contributed by atoms with Gasteiger partial charge in [0, 0.05) is 10.4 Å². The Bertz CT molecular complexity index is 1430. The van der Waals surface area contributed by atoms with Crippen LogP contribution >= 0.6 is 15.9 Å². The third-order valence-corrected chi connectivity index (χ3v) is 8.22. The summed E-state index contributed by atoms with van der Waals surface area (Å²) >= 11 is 3.38. The maximum atomic E-state index is 13.7. The number of imide groups is 1. The highest BCUT2D eigenvalue weighted by Crippen LogP contribution is 2.58. The zero-order valence-electron chi connectivity index (χ0n) is 20.7. The third kappa shape index (κ3) is 4.45. The lowest BCUT2D eigenvalue weighted by molar-refractivity contribution is -0.130. The predicted octanol–water partition coefficient (Wildman–Crippen LogP) is 4.43. The van der Waals surface area contributed by atoms with Crippen LogP contribution < -0.4 is 4.90 Å². The molecule has 5 atom stereocenters. The van der Waals surface area contributed by atoms with Gasteiger partial charge in [-0.05, 0) is 55.0 Å². The first-order valence-corrected chi connectivity index (χ1v) is 13.4. The Morgan fingerprint density at radius 2 is 1.44 bits per heavy atom. The topological polar surface area (TPSA) is 99.2 Å². The number of esters is 2. The van der Waals surface area contributed by atoms with Crippen molar-refractivity contribution >= 4 is 45.4 Å². The van der Waals surface area contributed by atoms with Gasteiger partial charge in [0.25, 0.3) is 0 Å². The van der Waals surface area contributed by atoms with Gasteiger partial charge in [-0.2, -0.15) is 0 Å². The SMILES string of the molecule is O=C(OC[C@H]1C[C@]2(COC(=O)c3ccccc3)O[C@H]1C1C(=O)N(c3ccc(Br)cc3)C(=O)C12)c1ccccc1. The van der Waals surface area contributed by atoms with Crippen LogP contribution in [0.1, 0.15) is 27.1 Å². The molecule has 0 aliphatic carbocycles. The van der Waals surface area contributed by atoms with Gasteiger partial charge in [0.05, 0.1) is 41.4 Å². The molecule has 0 saturated carbocycles. The van der Waals surface area contributed by atoms with Crippen LogP contribution in [0.25, 0.3) is 0 Å². The summed E-state index contributed by atoms with van der Waals surface area (Å²) in [4.78, 5) is 54.0. The van der Waals surface area contributed by atoms with Crippen LogP contribution in [-0.4, -0.2) is 48.7 Å². The molecule has 3 fully saturated rings. The van der Waals surface area contributed by atoms with E-state index in [9.17, 15) is 19.2 Å². The maximum Gasteiger partial charge on any atom is 0.338 e. The van der Waals surface area contributed by atoms with E-state index in [0.717, 1.165) is 4.47 Å². The molecule has 3 aromatic rings. The van der Waals surface area contributed by atoms with Crippen LogP contribution in [0.15, 0.2) is 89.4 Å². The normalized spacial score (nSPS) is 26.9. The zero-order valence-corrected chi connectivity index (χ0v) is 22.3. The Kier molecular flexibility index (Phi) is 6.56. The van der Waals surface area contributed by atoms with E-state index in [4.69, 9.17) is 14.2 Å². The molecule has 2 amide bonds. The number of ether oxygens (including phenoxy) is 3. The molecule has 3 saturated heterocycles. The van der Waals surface area contributed by atoms with E-state index in [1.54, 1.807) is 84.9 Å². The molecule has 6 rings (SSSR count). The van der Waals surface area contributed by atoms with E-state index >= 15 is 0 Å². The van der Waals surface area contributed by atoms with Gasteiger partial charge in [0.2, 0.25) is 11.8 Å². The van der Waals surface area contributed by atoms with E-state index in [1.807, 2.05) is 0 Å². The number of fused-ring (bicyclic) bond motifs is 5. The standard InChI is InChI=1S/C30H24BrNO7/c31-21-11-13-22(14-12-21)32-26(33)23-24(27(32)34)30(17-38-29(36)19-9-5-2-6-10-19)15-20(25(23)39-30)16-37-28(35)18-7-3-1-4-8-18/h1-14,20,23-25H,15-17H2/t20-,23?,24?,25-,30-/m1/s1. The number of nitrogens with zero attached hydrogens (tertiary/aromatic N) is 1. The molecule has 3 heterocycles. The van der Waals surface area contributed by atoms with Crippen molar-refractivity contribution in [3.8, 4) is 0 Å². The van der Waals surface area contributed by atoms with Crippen molar-refractivity contribution in [3.63, 3.8) is 0 Å². The second-order valence-electron chi connectivity index (χ2n) is 10.0. The highest BCUT2D eigenvalue weighted by Gasteiger charge is 2.72. The fraction of sp³-hybridized carbons (Fsp3) is 0.267. The minimum atomic E-state index is -1.21. The number of rotatable bonds is 7. The van der Waals surface area contributed by atoms with Gasteiger partial charge in [0.15, 0.2) is 0 Å². The van der Waals surface area contributed by atoms with E-state index < -0.39 is 35.5 Å². The summed E-state index contributed by atoms with van der Waals surface area (Å²) in [7, 11) is 0. The predicted molar refractivity (Wildman–Crippen MR) is 143 cm³/mol. The van der Waals surface area contributed by atoms with Gasteiger partial charge in [-0.3, -0.25) is 9.59 Å². The van der Waals surface area contributed by atoms with E-state index in [0.29, 0.717) is 23.2 Å². The molecule has 0 N–H and O–H groups in total. The molecule has 3 aromatic carbocycles. The number of hydrogen-bond acceptors (Lipinski definition) is 7. The van der Waals surface area contributed by atoms with Crippen LogP contribution in [0.3, 0.4) is 0 Å². The van der Waals surface area contributed by atoms with Crippen molar-refractivity contribution in [2.75, 3.05) is 18.1 Å². The lowest BCUT2D eigenvalue weighted by Gasteiger charge is -2.32. The van der Waals surface area contributed by atoms with Crippen LogP contribution in [0, 0.1) is 17.8 Å². The molecule has 8 nitrogen and oxygen atoms in total. The molecule has 3 aliphatic rings. The largest absolute Gasteiger partial charge is 0.462 e. The van der Waals surface area contributed by atoms with Gasteiger partial charge >= 0.3 is 11.9 Å². The molecule has 0 spiro atoms. The summed E-state index contributed by atoms with van der Waals surface area (Å²) in [6, 6.07) is 24.1. The van der Waals surface area contributed by atoms with Crippen LogP contribution in [-0.2, 0) is 23.8 Å². The fourth-order valence-corrected chi connectivity index (χ4v) is 6.25. The second kappa shape index (κ2) is 10.1. The first-order valence-electron chi connectivity index (χ1n) is 12.6. The average molecular weight is 590 g/mol. The highest BCUT2D eigenvalue weighted by atomic mass is 79.9. The highest BCUT2D eigenvalue weighted by molar-refractivity contribution is 9.10. The van der Waals surface area contributed by atoms with Gasteiger partial charge < -0.3 is 14.2 Å². The van der Waals surface area contributed by atoms with E-state index in [1.165, 1.54) is 4.90 Å². The van der Waals surface area contributed by atoms with Crippen molar-refractivity contribution < 1.29 is 33.4 Å². The van der Waals surface area contributed by atoms with Gasteiger partial charge in [-0.25, -0.2) is 14.5 Å². The first kappa shape index (κ1) is 25.5. The monoisotopic (exact) mass is 589 g/mol. The molecule has 198 valence electrons. The number of amides is 2. The lowest BCUT2D eigenvalue weighted by atomic mass is 9.69. The number of carbonyl (C=O) groups is 4. The van der Waals surface area contributed by atoms with E-state index in [2.05, 4.69) is 15.9 Å². The molecule has 2 bridgehead atoms. The number of hydrogen-bond donors (Lipinski definition) is 0. The maximum absolute atomic E-state index is 13.7. The molecule has 39 heavy (non-hydrogen) atoms. The Balaban J connectivity index is 1.27. The van der Waals surface area contributed by atoms with Crippen molar-refractivity contribution in [1.82, 2.24) is 0 Å². The molecule has 9 heteroatoms. The van der Waals surface area contributed by atoms with Gasteiger partial charge in [-0.15, -0.1) is 0 Å². The summed E-state index contributed by atoms with van der Waals surface area (Å²) in [5.74, 6) is -3.72. The second-order valence-corrected chi connectivity index (χ2v) is 10.9. The third-order valence-electron chi connectivity index (χ3n) is 7.69. The van der Waals surface area contributed by atoms with E-state index in [-0.39, 0.29) is 30.9 Å². The first-order chi connectivity index (χ1) is 18.9. The van der Waals surface area contributed by atoms with Crippen LogP contribution in [0.4, 0.5) is 5.69 Å². The summed E-state index contributed by atoms with van der Waals surface area (Å²) < 4.78 is 18.4. The Labute approximate surface area is 233 Å². The summed E-state index contributed by atoms with van der Waals surface area (Å²) in [6.07, 6.45) is -0.359. The van der Waals surface area contributed by atoms with Crippen LogP contribution in [0.5, 0.6) is 0 Å². The van der Waals surface area contributed by atoms with Gasteiger partial charge in [-0.1, -0.05) is 52.3 Å². The molecule has 2 unspecified atom stereocenters. The number of benzene rings is 3. The average Bonchev–Trinajstić information content (AvgIpc) is 3.59. The molecule has 3 aliphatic heterocycles. The summed E-state index contributed by atoms with van der Waals surface area (Å²) in [5, 5.41) is 0. The molecular formula is C30H24BrNO7. The molecule has 0 aromatic heterocycles. The number of anilines is 1. The Hall–Kier alpha value is -3.82. The van der Waals surface area contributed by atoms with Crippen molar-refractivity contribution in [2.24, 2.45) is 17.8 Å². The molecular weight excluding hydrogens is 566 g/mol. The minimum Gasteiger partial charge on any atom is -0.462 e. The lowest BCUT2D eigenvalue weighted by Crippen LogP contribution is -2.47. The molecule has 0 radical (unpaired) electrons. The van der Waals surface area contributed by atoms with Crippen molar-refractivity contribution in [3.05, 3.63) is 101 Å². The zero-order chi connectivity index (χ0) is 27.1. The number of carbonyl (C=O) groups excluding carboxylic acids is 4.